The van der Waals surface area contributed by atoms with Crippen LogP contribution in [0.5, 0.6) is 17.2 Å². The Balaban J connectivity index is 2.44. The van der Waals surface area contributed by atoms with Gasteiger partial charge in [0.2, 0.25) is 0 Å². The van der Waals surface area contributed by atoms with Crippen LogP contribution in [0.1, 0.15) is 11.7 Å². The van der Waals surface area contributed by atoms with Crippen LogP contribution in [0.25, 0.3) is 0 Å². The van der Waals surface area contributed by atoms with Crippen LogP contribution in [0.2, 0.25) is 0 Å². The van der Waals surface area contributed by atoms with Crippen molar-refractivity contribution >= 4 is 6.02 Å². The molecule has 1 aromatic carbocycles. The fraction of sp³-hybridized carbons (Fsp3) is 0.417. The predicted molar refractivity (Wildman–Crippen MR) is 66.4 cm³/mol. The molecule has 0 saturated heterocycles. The molecule has 0 fully saturated rings. The van der Waals surface area contributed by atoms with E-state index in [1.807, 2.05) is 0 Å². The number of ether oxygens (including phenoxy) is 4. The van der Waals surface area contributed by atoms with Gasteiger partial charge >= 0.3 is 0 Å². The summed E-state index contributed by atoms with van der Waals surface area (Å²) in [5.74, 6) is 1.90. The van der Waals surface area contributed by atoms with Crippen LogP contribution in [-0.2, 0) is 4.74 Å². The van der Waals surface area contributed by atoms with Crippen molar-refractivity contribution in [3.05, 3.63) is 17.7 Å². The molecule has 18 heavy (non-hydrogen) atoms. The van der Waals surface area contributed by atoms with Gasteiger partial charge in [0.05, 0.1) is 33.4 Å². The lowest BCUT2D eigenvalue weighted by molar-refractivity contribution is 0.213. The minimum atomic E-state index is -0.291. The molecule has 1 unspecified atom stereocenters. The molecule has 0 bridgehead atoms. The van der Waals surface area contributed by atoms with E-state index in [1.54, 1.807) is 33.5 Å². The highest BCUT2D eigenvalue weighted by atomic mass is 16.5. The summed E-state index contributed by atoms with van der Waals surface area (Å²) in [4.78, 5) is 4.02. The quantitative estimate of drug-likeness (QED) is 0.868. The number of methoxy groups -OCH3 is 3. The van der Waals surface area contributed by atoms with Crippen molar-refractivity contribution in [2.45, 2.75) is 6.10 Å². The predicted octanol–water partition coefficient (Wildman–Crippen LogP) is 1.10. The maximum atomic E-state index is 5.52. The Morgan fingerprint density at radius 3 is 2.17 bits per heavy atom. The number of benzene rings is 1. The van der Waals surface area contributed by atoms with E-state index in [0.717, 1.165) is 5.56 Å². The molecule has 98 valence electrons. The number of hydrogen-bond acceptors (Lipinski definition) is 6. The number of nitrogens with zero attached hydrogens (tertiary/aromatic N) is 1. The van der Waals surface area contributed by atoms with E-state index in [1.165, 1.54) is 0 Å². The van der Waals surface area contributed by atoms with E-state index < -0.39 is 0 Å². The second kappa shape index (κ2) is 5.03. The Hall–Kier alpha value is -2.11. The molecule has 1 aromatic rings. The lowest BCUT2D eigenvalue weighted by atomic mass is 10.1. The summed E-state index contributed by atoms with van der Waals surface area (Å²) in [5.41, 5.74) is 6.31. The molecule has 6 nitrogen and oxygen atoms in total. The Labute approximate surface area is 105 Å². The van der Waals surface area contributed by atoms with Gasteiger partial charge in [0, 0.05) is 12.1 Å². The molecular weight excluding hydrogens is 236 g/mol. The van der Waals surface area contributed by atoms with Gasteiger partial charge in [0.15, 0.2) is 6.10 Å². The third kappa shape index (κ3) is 2.13. The van der Waals surface area contributed by atoms with Crippen LogP contribution in [0, 0.1) is 0 Å². The molecule has 1 aliphatic heterocycles. The molecule has 0 aromatic heterocycles. The van der Waals surface area contributed by atoms with Crippen molar-refractivity contribution in [1.29, 1.82) is 0 Å². The Bertz CT molecular complexity index is 448. The average Bonchev–Trinajstić information content (AvgIpc) is 2.83. The van der Waals surface area contributed by atoms with Crippen LogP contribution in [0.3, 0.4) is 0 Å². The van der Waals surface area contributed by atoms with Crippen molar-refractivity contribution in [3.63, 3.8) is 0 Å². The Morgan fingerprint density at radius 1 is 1.17 bits per heavy atom. The molecule has 0 saturated carbocycles. The first-order valence-electron chi connectivity index (χ1n) is 5.46. The topological polar surface area (TPSA) is 75.3 Å². The zero-order valence-electron chi connectivity index (χ0n) is 10.6. The summed E-state index contributed by atoms with van der Waals surface area (Å²) >= 11 is 0. The molecule has 0 aliphatic carbocycles. The number of aliphatic imine (C=N–C) groups is 1. The average molecular weight is 252 g/mol. The highest BCUT2D eigenvalue weighted by Crippen LogP contribution is 2.40. The summed E-state index contributed by atoms with van der Waals surface area (Å²) in [6, 6.07) is 3.73. The van der Waals surface area contributed by atoms with E-state index in [2.05, 4.69) is 4.99 Å². The zero-order valence-corrected chi connectivity index (χ0v) is 10.6. The molecule has 0 spiro atoms. The second-order valence-corrected chi connectivity index (χ2v) is 3.73. The number of rotatable bonds is 4. The Kier molecular flexibility index (Phi) is 3.45. The normalized spacial score (nSPS) is 17.9. The fourth-order valence-corrected chi connectivity index (χ4v) is 1.89. The molecule has 2 N–H and O–H groups in total. The number of hydrogen-bond donors (Lipinski definition) is 1. The highest BCUT2D eigenvalue weighted by molar-refractivity contribution is 5.73. The standard InChI is InChI=1S/C12H16N2O4/c1-15-7-4-8(16-2)11(9(5-7)17-3)10-6-14-12(13)18-10/h4-5,10H,6H2,1-3H3,(H2,13,14). The van der Waals surface area contributed by atoms with Crippen molar-refractivity contribution < 1.29 is 18.9 Å². The molecule has 0 radical (unpaired) electrons. The lowest BCUT2D eigenvalue weighted by Gasteiger charge is -2.18. The minimum Gasteiger partial charge on any atom is -0.496 e. The van der Waals surface area contributed by atoms with Gasteiger partial charge < -0.3 is 24.7 Å². The van der Waals surface area contributed by atoms with Crippen molar-refractivity contribution in [2.24, 2.45) is 10.7 Å². The lowest BCUT2D eigenvalue weighted by Crippen LogP contribution is -2.14. The van der Waals surface area contributed by atoms with Crippen molar-refractivity contribution in [2.75, 3.05) is 27.9 Å². The van der Waals surface area contributed by atoms with E-state index in [0.29, 0.717) is 23.8 Å². The zero-order chi connectivity index (χ0) is 13.1. The third-order valence-corrected chi connectivity index (χ3v) is 2.75. The molecule has 6 heteroatoms. The van der Waals surface area contributed by atoms with Gasteiger partial charge in [-0.15, -0.1) is 0 Å². The fourth-order valence-electron chi connectivity index (χ4n) is 1.89. The van der Waals surface area contributed by atoms with Gasteiger partial charge in [-0.2, -0.15) is 0 Å². The van der Waals surface area contributed by atoms with Gasteiger partial charge in [0.1, 0.15) is 17.2 Å². The molecule has 0 amide bonds. The van der Waals surface area contributed by atoms with Crippen molar-refractivity contribution in [3.8, 4) is 17.2 Å². The minimum absolute atomic E-state index is 0.180. The smallest absolute Gasteiger partial charge is 0.282 e. The van der Waals surface area contributed by atoms with Gasteiger partial charge in [0.25, 0.3) is 6.02 Å². The molecule has 1 atom stereocenters. The first-order valence-corrected chi connectivity index (χ1v) is 5.46. The summed E-state index contributed by atoms with van der Waals surface area (Å²) in [5, 5.41) is 0. The highest BCUT2D eigenvalue weighted by Gasteiger charge is 2.27. The van der Waals surface area contributed by atoms with Crippen LogP contribution < -0.4 is 19.9 Å². The first kappa shape index (κ1) is 12.3. The Morgan fingerprint density at radius 2 is 1.78 bits per heavy atom. The van der Waals surface area contributed by atoms with Gasteiger partial charge in [-0.1, -0.05) is 0 Å². The first-order chi connectivity index (χ1) is 8.69. The number of nitrogens with two attached hydrogens (primary N) is 1. The monoisotopic (exact) mass is 252 g/mol. The maximum absolute atomic E-state index is 5.52. The maximum Gasteiger partial charge on any atom is 0.282 e. The molecular formula is C12H16N2O4. The summed E-state index contributed by atoms with van der Waals surface area (Å²) in [6.45, 7) is 0.449. The van der Waals surface area contributed by atoms with Gasteiger partial charge in [-0.3, -0.25) is 0 Å². The van der Waals surface area contributed by atoms with Crippen LogP contribution in [-0.4, -0.2) is 33.9 Å². The summed E-state index contributed by atoms with van der Waals surface area (Å²) in [6.07, 6.45) is -0.291. The second-order valence-electron chi connectivity index (χ2n) is 3.73. The molecule has 1 aliphatic rings. The van der Waals surface area contributed by atoms with Crippen LogP contribution in [0.15, 0.2) is 17.1 Å². The van der Waals surface area contributed by atoms with E-state index in [4.69, 9.17) is 24.7 Å². The van der Waals surface area contributed by atoms with E-state index in [9.17, 15) is 0 Å². The molecule has 2 rings (SSSR count). The SMILES string of the molecule is COc1cc(OC)c(C2CN=C(N)O2)c(OC)c1. The van der Waals surface area contributed by atoms with E-state index >= 15 is 0 Å². The van der Waals surface area contributed by atoms with Gasteiger partial charge in [-0.25, -0.2) is 4.99 Å². The van der Waals surface area contributed by atoms with Gasteiger partial charge in [-0.05, 0) is 0 Å². The largest absolute Gasteiger partial charge is 0.496 e. The third-order valence-electron chi connectivity index (χ3n) is 2.75. The molecule has 1 heterocycles. The summed E-state index contributed by atoms with van der Waals surface area (Å²) in [7, 11) is 4.74. The number of amidine groups is 1. The summed E-state index contributed by atoms with van der Waals surface area (Å²) < 4.78 is 21.3. The van der Waals surface area contributed by atoms with Crippen LogP contribution >= 0.6 is 0 Å². The van der Waals surface area contributed by atoms with E-state index in [-0.39, 0.29) is 12.1 Å². The van der Waals surface area contributed by atoms with Crippen molar-refractivity contribution in [1.82, 2.24) is 0 Å². The van der Waals surface area contributed by atoms with Crippen LogP contribution in [0.4, 0.5) is 0 Å².